The largest absolute Gasteiger partial charge is 0.507 e. The lowest BCUT2D eigenvalue weighted by Gasteiger charge is -2.14. The van der Waals surface area contributed by atoms with Gasteiger partial charge in [0.25, 0.3) is 0 Å². The summed E-state index contributed by atoms with van der Waals surface area (Å²) in [6.45, 7) is 11.1. The number of esters is 5. The number of aliphatic hydroxyl groups excluding tert-OH is 1. The highest BCUT2D eigenvalue weighted by atomic mass is 35.5. The molecule has 0 bridgehead atoms. The molecule has 4 aromatic rings. The molecule has 2 unspecified atom stereocenters. The molecule has 2 heterocycles. The van der Waals surface area contributed by atoms with Crippen molar-refractivity contribution in [2.24, 2.45) is 0 Å². The number of carbonyl (C=O) groups excluding carboxylic acids is 5. The van der Waals surface area contributed by atoms with Crippen molar-refractivity contribution in [3.8, 4) is 0 Å². The SMILES string of the molecule is CC(=O)OC(C)=O.CC(=O)OC1=C(c2c(C)cc(Cl)cc2C)C(=O)OC1c1ccccc1.Cc1cc(Cl)cc(C)c1C1=C(O)C(c2ccccc2)OC1=O. The van der Waals surface area contributed by atoms with Crippen LogP contribution in [0.25, 0.3) is 11.1 Å². The number of halogens is 2. The molecular weight excluding hydrogens is 735 g/mol. The van der Waals surface area contributed by atoms with E-state index in [0.29, 0.717) is 21.2 Å². The molecule has 0 spiro atoms. The Balaban J connectivity index is 0.000000206. The van der Waals surface area contributed by atoms with Crippen LogP contribution in [-0.4, -0.2) is 35.0 Å². The first-order valence-corrected chi connectivity index (χ1v) is 17.4. The van der Waals surface area contributed by atoms with Crippen LogP contribution in [0.2, 0.25) is 10.0 Å². The van der Waals surface area contributed by atoms with E-state index in [1.54, 1.807) is 24.3 Å². The lowest BCUT2D eigenvalue weighted by molar-refractivity contribution is -0.156. The Bertz CT molecular complexity index is 2110. The number of aliphatic hydroxyl groups is 1. The standard InChI is InChI=1S/C20H17ClO4.C18H15ClO3.C4H6O3/c1-11-9-15(21)10-12(2)16(11)17-19(24-13(3)22)18(25-20(17)23)14-7-5-4-6-8-14;1-10-8-13(19)9-11(2)14(10)15-16(20)17(22-18(15)21)12-6-4-3-5-7-12;1-3(5)7-4(2)6/h4-10,18H,1-3H3;3-9,17,20H,1-2H3;1-2H3. The minimum absolute atomic E-state index is 0.0512. The lowest BCUT2D eigenvalue weighted by atomic mass is 9.94. The van der Waals surface area contributed by atoms with Crippen molar-refractivity contribution in [3.05, 3.63) is 151 Å². The van der Waals surface area contributed by atoms with Crippen LogP contribution in [0.15, 0.2) is 96.4 Å². The summed E-state index contributed by atoms with van der Waals surface area (Å²) >= 11 is 12.1. The van der Waals surface area contributed by atoms with Crippen molar-refractivity contribution in [1.82, 2.24) is 0 Å². The molecule has 0 amide bonds. The number of rotatable bonds is 5. The maximum atomic E-state index is 12.6. The number of carbonyl (C=O) groups is 5. The summed E-state index contributed by atoms with van der Waals surface area (Å²) in [4.78, 5) is 56.2. The van der Waals surface area contributed by atoms with Crippen molar-refractivity contribution in [3.63, 3.8) is 0 Å². The van der Waals surface area contributed by atoms with Gasteiger partial charge in [-0.05, 0) is 85.3 Å². The zero-order valence-electron chi connectivity index (χ0n) is 30.6. The fraction of sp³-hybridized carbons (Fsp3) is 0.214. The Morgan fingerprint density at radius 3 is 1.35 bits per heavy atom. The molecule has 10 nitrogen and oxygen atoms in total. The van der Waals surface area contributed by atoms with Crippen LogP contribution in [0.1, 0.15) is 77.5 Å². The Labute approximate surface area is 322 Å². The van der Waals surface area contributed by atoms with E-state index in [1.807, 2.05) is 88.4 Å². The van der Waals surface area contributed by atoms with Crippen LogP contribution in [0.4, 0.5) is 0 Å². The van der Waals surface area contributed by atoms with Crippen LogP contribution in [-0.2, 0) is 42.9 Å². The van der Waals surface area contributed by atoms with Gasteiger partial charge in [-0.1, -0.05) is 83.9 Å². The maximum absolute atomic E-state index is 12.6. The van der Waals surface area contributed by atoms with Crippen LogP contribution < -0.4 is 0 Å². The van der Waals surface area contributed by atoms with Gasteiger partial charge in [-0.2, -0.15) is 0 Å². The van der Waals surface area contributed by atoms with E-state index in [1.165, 1.54) is 20.8 Å². The molecule has 0 aromatic heterocycles. The summed E-state index contributed by atoms with van der Waals surface area (Å²) in [6.07, 6.45) is -1.50. The van der Waals surface area contributed by atoms with Crippen molar-refractivity contribution in [2.75, 3.05) is 0 Å². The molecule has 54 heavy (non-hydrogen) atoms. The molecule has 0 radical (unpaired) electrons. The predicted octanol–water partition coefficient (Wildman–Crippen LogP) is 9.15. The topological polar surface area (TPSA) is 143 Å². The third-order valence-electron chi connectivity index (χ3n) is 8.09. The predicted molar refractivity (Wildman–Crippen MR) is 203 cm³/mol. The first kappa shape index (κ1) is 41.1. The molecule has 0 fully saturated rings. The highest BCUT2D eigenvalue weighted by Gasteiger charge is 2.40. The van der Waals surface area contributed by atoms with Gasteiger partial charge in [-0.25, -0.2) is 9.59 Å². The van der Waals surface area contributed by atoms with E-state index in [9.17, 15) is 29.1 Å². The molecule has 6 rings (SSSR count). The molecule has 0 saturated carbocycles. The van der Waals surface area contributed by atoms with Gasteiger partial charge in [-0.15, -0.1) is 0 Å². The van der Waals surface area contributed by atoms with Crippen LogP contribution in [0, 0.1) is 27.7 Å². The molecule has 12 heteroatoms. The van der Waals surface area contributed by atoms with Crippen molar-refractivity contribution in [1.29, 1.82) is 0 Å². The fourth-order valence-corrected chi connectivity index (χ4v) is 6.79. The fourth-order valence-electron chi connectivity index (χ4n) is 6.14. The zero-order chi connectivity index (χ0) is 39.9. The summed E-state index contributed by atoms with van der Waals surface area (Å²) in [5, 5.41) is 11.7. The smallest absolute Gasteiger partial charge is 0.343 e. The second kappa shape index (κ2) is 17.9. The summed E-state index contributed by atoms with van der Waals surface area (Å²) < 4.78 is 20.3. The Morgan fingerprint density at radius 1 is 0.593 bits per heavy atom. The third kappa shape index (κ3) is 9.83. The van der Waals surface area contributed by atoms with Gasteiger partial charge < -0.3 is 24.1 Å². The van der Waals surface area contributed by atoms with Crippen molar-refractivity contribution in [2.45, 2.75) is 60.7 Å². The minimum atomic E-state index is -0.752. The highest BCUT2D eigenvalue weighted by molar-refractivity contribution is 6.31. The molecule has 1 N–H and O–H groups in total. The van der Waals surface area contributed by atoms with Gasteiger partial charge in [-0.3, -0.25) is 14.4 Å². The van der Waals surface area contributed by atoms with Gasteiger partial charge in [0, 0.05) is 41.9 Å². The molecule has 0 saturated heterocycles. The number of hydrogen-bond donors (Lipinski definition) is 1. The van der Waals surface area contributed by atoms with Gasteiger partial charge in [0.2, 0.25) is 0 Å². The van der Waals surface area contributed by atoms with E-state index >= 15 is 0 Å². The molecule has 2 aliphatic heterocycles. The summed E-state index contributed by atoms with van der Waals surface area (Å²) in [6, 6.07) is 25.5. The van der Waals surface area contributed by atoms with Gasteiger partial charge in [0.05, 0.1) is 0 Å². The first-order valence-electron chi connectivity index (χ1n) is 16.6. The van der Waals surface area contributed by atoms with E-state index in [-0.39, 0.29) is 22.7 Å². The molecule has 2 aliphatic rings. The number of cyclic esters (lactones) is 2. The Hall–Kier alpha value is -5.71. The first-order chi connectivity index (χ1) is 25.5. The lowest BCUT2D eigenvalue weighted by Crippen LogP contribution is -2.07. The van der Waals surface area contributed by atoms with Crippen LogP contribution >= 0.6 is 23.2 Å². The van der Waals surface area contributed by atoms with Gasteiger partial charge >= 0.3 is 29.8 Å². The average molecular weight is 774 g/mol. The molecule has 0 aliphatic carbocycles. The van der Waals surface area contributed by atoms with E-state index in [4.69, 9.17) is 37.4 Å². The minimum Gasteiger partial charge on any atom is -0.507 e. The number of benzene rings is 4. The Morgan fingerprint density at radius 2 is 0.963 bits per heavy atom. The normalized spacial score (nSPS) is 16.0. The third-order valence-corrected chi connectivity index (χ3v) is 8.52. The average Bonchev–Trinajstić information content (AvgIpc) is 3.55. The monoisotopic (exact) mass is 772 g/mol. The summed E-state index contributed by atoms with van der Waals surface area (Å²) in [5.41, 5.74) is 6.64. The van der Waals surface area contributed by atoms with E-state index < -0.39 is 42.1 Å². The molecule has 280 valence electrons. The number of hydrogen-bond acceptors (Lipinski definition) is 10. The molecule has 2 atom stereocenters. The van der Waals surface area contributed by atoms with Crippen molar-refractivity contribution >= 4 is 64.2 Å². The summed E-state index contributed by atoms with van der Waals surface area (Å²) in [7, 11) is 0. The maximum Gasteiger partial charge on any atom is 0.343 e. The highest BCUT2D eigenvalue weighted by Crippen LogP contribution is 2.43. The second-order valence-electron chi connectivity index (χ2n) is 12.4. The van der Waals surface area contributed by atoms with Gasteiger partial charge in [0.1, 0.15) is 11.1 Å². The Kier molecular flexibility index (Phi) is 13.6. The van der Waals surface area contributed by atoms with Crippen LogP contribution in [0.5, 0.6) is 0 Å². The molecule has 4 aromatic carbocycles. The zero-order valence-corrected chi connectivity index (χ0v) is 32.1. The van der Waals surface area contributed by atoms with E-state index in [2.05, 4.69) is 4.74 Å². The van der Waals surface area contributed by atoms with Crippen LogP contribution in [0.3, 0.4) is 0 Å². The number of ether oxygens (including phenoxy) is 4. The second-order valence-corrected chi connectivity index (χ2v) is 13.3. The summed E-state index contributed by atoms with van der Waals surface area (Å²) in [5.74, 6) is -2.49. The van der Waals surface area contributed by atoms with E-state index in [0.717, 1.165) is 33.4 Å². The molecular formula is C42H38Cl2O10. The number of aryl methyl sites for hydroxylation is 4. The van der Waals surface area contributed by atoms with Gasteiger partial charge in [0.15, 0.2) is 23.7 Å². The quantitative estimate of drug-likeness (QED) is 0.119. The van der Waals surface area contributed by atoms with Crippen molar-refractivity contribution < 1.29 is 48.0 Å².